The molecule has 1 atom stereocenters. The lowest BCUT2D eigenvalue weighted by Gasteiger charge is -2.24. The monoisotopic (exact) mass is 453 g/mol. The van der Waals surface area contributed by atoms with Gasteiger partial charge in [-0.3, -0.25) is 23.3 Å². The molecule has 3 rings (SSSR count). The molecule has 2 aromatic rings. The Morgan fingerprint density at radius 3 is 2.44 bits per heavy atom. The minimum Gasteiger partial charge on any atom is -0.476 e. The van der Waals surface area contributed by atoms with Crippen LogP contribution in [0.15, 0.2) is 41.0 Å². The van der Waals surface area contributed by atoms with Crippen molar-refractivity contribution in [2.45, 2.75) is 6.92 Å². The Hall–Kier alpha value is -2.30. The van der Waals surface area contributed by atoms with Crippen molar-refractivity contribution >= 4 is 44.7 Å². The second-order valence-corrected chi connectivity index (χ2v) is 7.37. The summed E-state index contributed by atoms with van der Waals surface area (Å²) in [6, 6.07) is 8.13. The Morgan fingerprint density at radius 2 is 1.89 bits per heavy atom. The number of pyridine rings is 1. The molecule has 27 heavy (non-hydrogen) atoms. The number of carbonyl (C=O) groups is 2. The van der Waals surface area contributed by atoms with E-state index in [0.717, 1.165) is 9.21 Å². The van der Waals surface area contributed by atoms with E-state index in [1.165, 1.54) is 6.20 Å². The van der Waals surface area contributed by atoms with E-state index in [1.807, 2.05) is 0 Å². The molecule has 0 saturated heterocycles. The third-order valence-electron chi connectivity index (χ3n) is 3.94. The van der Waals surface area contributed by atoms with Crippen LogP contribution in [-0.4, -0.2) is 50.2 Å². The van der Waals surface area contributed by atoms with Gasteiger partial charge in [-0.1, -0.05) is 12.1 Å². The van der Waals surface area contributed by atoms with Gasteiger partial charge in [-0.25, -0.2) is 9.19 Å². The molecular formula is C17H16BrN3O5S. The van der Waals surface area contributed by atoms with Crippen LogP contribution in [0.2, 0.25) is 0 Å². The lowest BCUT2D eigenvalue weighted by atomic mass is 10.1. The molecule has 0 bridgehead atoms. The number of benzene rings is 1. The van der Waals surface area contributed by atoms with E-state index in [1.54, 1.807) is 37.3 Å². The number of anilines is 1. The number of carbonyl (C=O) groups excluding carboxylic acids is 2. The molecule has 1 unspecified atom stereocenters. The van der Waals surface area contributed by atoms with Gasteiger partial charge >= 0.3 is 0 Å². The Balaban J connectivity index is 1.83. The lowest BCUT2D eigenvalue weighted by molar-refractivity contribution is 0.0659. The molecule has 10 heteroatoms. The highest BCUT2D eigenvalue weighted by molar-refractivity contribution is 9.10. The highest BCUT2D eigenvalue weighted by Crippen LogP contribution is 2.30. The third-order valence-corrected chi connectivity index (χ3v) is 5.13. The van der Waals surface area contributed by atoms with Gasteiger partial charge in [-0.2, -0.15) is 0 Å². The van der Waals surface area contributed by atoms with E-state index in [4.69, 9.17) is 4.74 Å². The van der Waals surface area contributed by atoms with Crippen LogP contribution in [0.25, 0.3) is 0 Å². The molecule has 0 saturated carbocycles. The highest BCUT2D eigenvalue weighted by atomic mass is 79.9. The van der Waals surface area contributed by atoms with Crippen LogP contribution in [0, 0.1) is 0 Å². The molecule has 0 radical (unpaired) electrons. The molecule has 1 N–H and O–H groups in total. The first kappa shape index (κ1) is 19.5. The van der Waals surface area contributed by atoms with Gasteiger partial charge in [-0.15, -0.1) is 0 Å². The van der Waals surface area contributed by atoms with Crippen molar-refractivity contribution in [1.29, 1.82) is 0 Å². The zero-order chi connectivity index (χ0) is 19.6. The van der Waals surface area contributed by atoms with Crippen LogP contribution < -0.4 is 9.04 Å². The summed E-state index contributed by atoms with van der Waals surface area (Å²) in [6.45, 7) is 1.97. The van der Waals surface area contributed by atoms with Crippen molar-refractivity contribution < 1.29 is 23.1 Å². The summed E-state index contributed by atoms with van der Waals surface area (Å²) in [5.41, 5.74) is 0.945. The zero-order valence-corrected chi connectivity index (χ0v) is 16.7. The van der Waals surface area contributed by atoms with Gasteiger partial charge in [0.15, 0.2) is 0 Å². The van der Waals surface area contributed by atoms with Crippen molar-refractivity contribution in [1.82, 2.24) is 9.88 Å². The standard InChI is InChI=1S/C17H16BrN3O5S/c1-2-26-15-14(9-11(18)10-19-15)21(27(24)25)8-7-20-16(22)12-5-3-4-6-13(12)17(20)23/h3-6,9-10H,2,7-8H2,1H3,(H,24,25). The number of imide groups is 1. The summed E-state index contributed by atoms with van der Waals surface area (Å²) in [6.07, 6.45) is 1.51. The molecule has 0 spiro atoms. The van der Waals surface area contributed by atoms with Gasteiger partial charge in [-0.05, 0) is 41.1 Å². The molecule has 0 fully saturated rings. The molecule has 1 aromatic carbocycles. The van der Waals surface area contributed by atoms with E-state index in [2.05, 4.69) is 20.9 Å². The Bertz CT molecular complexity index is 888. The lowest BCUT2D eigenvalue weighted by Crippen LogP contribution is -2.39. The molecular weight excluding hydrogens is 438 g/mol. The van der Waals surface area contributed by atoms with Crippen LogP contribution in [0.4, 0.5) is 5.69 Å². The van der Waals surface area contributed by atoms with Gasteiger partial charge in [0.1, 0.15) is 5.69 Å². The van der Waals surface area contributed by atoms with Crippen LogP contribution >= 0.6 is 15.9 Å². The fourth-order valence-electron chi connectivity index (χ4n) is 2.76. The van der Waals surface area contributed by atoms with Crippen molar-refractivity contribution in [3.8, 4) is 5.88 Å². The number of amides is 2. The summed E-state index contributed by atoms with van der Waals surface area (Å²) in [4.78, 5) is 30.1. The average Bonchev–Trinajstić information content (AvgIpc) is 2.89. The number of fused-ring (bicyclic) bond motifs is 1. The van der Waals surface area contributed by atoms with E-state index in [-0.39, 0.29) is 24.7 Å². The van der Waals surface area contributed by atoms with E-state index in [9.17, 15) is 18.4 Å². The van der Waals surface area contributed by atoms with Gasteiger partial charge in [0.25, 0.3) is 23.1 Å². The predicted octanol–water partition coefficient (Wildman–Crippen LogP) is 2.48. The number of hydrogen-bond donors (Lipinski definition) is 1. The van der Waals surface area contributed by atoms with Crippen molar-refractivity contribution in [3.05, 3.63) is 52.1 Å². The number of rotatable bonds is 7. The summed E-state index contributed by atoms with van der Waals surface area (Å²) >= 11 is 0.871. The number of aromatic nitrogens is 1. The summed E-state index contributed by atoms with van der Waals surface area (Å²) in [5.74, 6) is -0.654. The van der Waals surface area contributed by atoms with Crippen LogP contribution in [-0.2, 0) is 11.3 Å². The molecule has 0 aliphatic carbocycles. The fraction of sp³-hybridized carbons (Fsp3) is 0.235. The van der Waals surface area contributed by atoms with E-state index in [0.29, 0.717) is 22.2 Å². The topological polar surface area (TPSA) is 100 Å². The van der Waals surface area contributed by atoms with Crippen LogP contribution in [0.5, 0.6) is 5.88 Å². The summed E-state index contributed by atoms with van der Waals surface area (Å²) in [7, 11) is 0. The van der Waals surface area contributed by atoms with E-state index >= 15 is 0 Å². The summed E-state index contributed by atoms with van der Waals surface area (Å²) < 4.78 is 28.8. The Morgan fingerprint density at radius 1 is 1.26 bits per heavy atom. The normalized spacial score (nSPS) is 14.3. The van der Waals surface area contributed by atoms with Gasteiger partial charge in [0.2, 0.25) is 5.88 Å². The van der Waals surface area contributed by atoms with Gasteiger partial charge < -0.3 is 4.74 Å². The first-order valence-corrected chi connectivity index (χ1v) is 9.91. The van der Waals surface area contributed by atoms with Crippen LogP contribution in [0.1, 0.15) is 27.6 Å². The number of ether oxygens (including phenoxy) is 1. The molecule has 2 amide bonds. The quantitative estimate of drug-likeness (QED) is 0.510. The molecule has 1 aromatic heterocycles. The number of hydrogen-bond acceptors (Lipinski definition) is 5. The number of halogens is 1. The summed E-state index contributed by atoms with van der Waals surface area (Å²) in [5, 5.41) is 0. The van der Waals surface area contributed by atoms with Crippen molar-refractivity contribution in [3.63, 3.8) is 0 Å². The van der Waals surface area contributed by atoms with Crippen molar-refractivity contribution in [2.24, 2.45) is 0 Å². The number of nitrogens with zero attached hydrogens (tertiary/aromatic N) is 3. The molecule has 2 heterocycles. The van der Waals surface area contributed by atoms with Crippen molar-refractivity contribution in [2.75, 3.05) is 24.0 Å². The van der Waals surface area contributed by atoms with Gasteiger partial charge in [0, 0.05) is 17.2 Å². The molecule has 1 aliphatic heterocycles. The largest absolute Gasteiger partial charge is 0.476 e. The smallest absolute Gasteiger partial charge is 0.262 e. The zero-order valence-electron chi connectivity index (χ0n) is 14.3. The maximum absolute atomic E-state index is 12.5. The van der Waals surface area contributed by atoms with Crippen LogP contribution in [0.3, 0.4) is 0 Å². The molecule has 8 nitrogen and oxygen atoms in total. The highest BCUT2D eigenvalue weighted by Gasteiger charge is 2.35. The first-order chi connectivity index (χ1) is 12.9. The van der Waals surface area contributed by atoms with Gasteiger partial charge in [0.05, 0.1) is 24.3 Å². The molecule has 1 aliphatic rings. The third kappa shape index (κ3) is 3.87. The van der Waals surface area contributed by atoms with E-state index < -0.39 is 23.1 Å². The minimum atomic E-state index is -2.41. The Kier molecular flexibility index (Phi) is 5.88. The molecule has 142 valence electrons. The predicted molar refractivity (Wildman–Crippen MR) is 103 cm³/mol. The Labute approximate surface area is 166 Å². The maximum atomic E-state index is 12.5. The SMILES string of the molecule is CCOc1ncc(Br)cc1N(CCN1C(=O)c2ccccc2C1=O)S(=O)O. The fourth-order valence-corrected chi connectivity index (χ4v) is 3.61. The second kappa shape index (κ2) is 8.15. The minimum absolute atomic E-state index is 0.0588. The average molecular weight is 454 g/mol. The second-order valence-electron chi connectivity index (χ2n) is 5.55. The first-order valence-electron chi connectivity index (χ1n) is 8.06. The maximum Gasteiger partial charge on any atom is 0.262 e.